The Labute approximate surface area is 189 Å². The van der Waals surface area contributed by atoms with E-state index in [1.165, 1.54) is 11.0 Å². The van der Waals surface area contributed by atoms with E-state index in [0.29, 0.717) is 23.4 Å². The Hall–Kier alpha value is -2.85. The Morgan fingerprint density at radius 2 is 1.38 bits per heavy atom. The van der Waals surface area contributed by atoms with Gasteiger partial charge in [0.2, 0.25) is 5.91 Å². The van der Waals surface area contributed by atoms with Gasteiger partial charge in [0.05, 0.1) is 17.0 Å². The van der Waals surface area contributed by atoms with Crippen LogP contribution in [0, 0.1) is 12.8 Å². The lowest BCUT2D eigenvalue weighted by Crippen LogP contribution is -2.50. The SMILES string of the molecule is Cc1ccc(C(F)(F)F)cc1N1CCN(C(=O)C2[C@H](c3ccc(C(F)(F)F)cc3)C2(F)F)CC1. The van der Waals surface area contributed by atoms with E-state index in [0.717, 1.165) is 24.3 Å². The fourth-order valence-corrected chi connectivity index (χ4v) is 4.42. The highest BCUT2D eigenvalue weighted by Gasteiger charge is 2.73. The monoisotopic (exact) mass is 492 g/mol. The highest BCUT2D eigenvalue weighted by atomic mass is 19.4. The maximum absolute atomic E-state index is 14.5. The zero-order valence-electron chi connectivity index (χ0n) is 17.9. The molecule has 0 bridgehead atoms. The summed E-state index contributed by atoms with van der Waals surface area (Å²) in [6.07, 6.45) is -9.11. The van der Waals surface area contributed by atoms with Gasteiger partial charge in [0.25, 0.3) is 5.92 Å². The van der Waals surface area contributed by atoms with Crippen molar-refractivity contribution in [3.05, 3.63) is 64.7 Å². The topological polar surface area (TPSA) is 23.6 Å². The number of carbonyl (C=O) groups excluding carboxylic acids is 1. The predicted molar refractivity (Wildman–Crippen MR) is 108 cm³/mol. The van der Waals surface area contributed by atoms with E-state index in [2.05, 4.69) is 0 Å². The Morgan fingerprint density at radius 3 is 1.91 bits per heavy atom. The Balaban J connectivity index is 1.43. The molecular weight excluding hydrogens is 472 g/mol. The summed E-state index contributed by atoms with van der Waals surface area (Å²) in [4.78, 5) is 15.7. The molecule has 2 aromatic rings. The number of halogens is 8. The first kappa shape index (κ1) is 24.3. The second kappa shape index (κ2) is 8.13. The lowest BCUT2D eigenvalue weighted by molar-refractivity contribution is -0.138. The van der Waals surface area contributed by atoms with Crippen molar-refractivity contribution in [1.82, 2.24) is 4.90 Å². The molecule has 3 nitrogen and oxygen atoms in total. The molecule has 0 radical (unpaired) electrons. The number of alkyl halides is 8. The van der Waals surface area contributed by atoms with Crippen molar-refractivity contribution in [3.8, 4) is 0 Å². The molecule has 4 rings (SSSR count). The molecule has 1 unspecified atom stereocenters. The third-order valence-electron chi connectivity index (χ3n) is 6.39. The van der Waals surface area contributed by atoms with Crippen molar-refractivity contribution in [2.45, 2.75) is 31.1 Å². The summed E-state index contributed by atoms with van der Waals surface area (Å²) in [5.41, 5.74) is -0.840. The normalized spacial score (nSPS) is 22.6. The van der Waals surface area contributed by atoms with Gasteiger partial charge in [-0.3, -0.25) is 4.79 Å². The van der Waals surface area contributed by atoms with E-state index in [1.54, 1.807) is 11.8 Å². The third-order valence-corrected chi connectivity index (χ3v) is 6.39. The average Bonchev–Trinajstić information content (AvgIpc) is 3.34. The van der Waals surface area contributed by atoms with Crippen molar-refractivity contribution < 1.29 is 39.9 Å². The van der Waals surface area contributed by atoms with Crippen molar-refractivity contribution in [2.24, 2.45) is 5.92 Å². The zero-order valence-corrected chi connectivity index (χ0v) is 17.9. The van der Waals surface area contributed by atoms with E-state index in [1.807, 2.05) is 0 Å². The van der Waals surface area contributed by atoms with Gasteiger partial charge in [0.1, 0.15) is 5.92 Å². The molecule has 0 aromatic heterocycles. The van der Waals surface area contributed by atoms with Crippen LogP contribution in [-0.2, 0) is 17.1 Å². The van der Waals surface area contributed by atoms with Crippen LogP contribution in [0.15, 0.2) is 42.5 Å². The van der Waals surface area contributed by atoms with E-state index in [4.69, 9.17) is 0 Å². The first-order valence-electron chi connectivity index (χ1n) is 10.5. The molecule has 2 aromatic carbocycles. The molecule has 11 heteroatoms. The molecule has 2 aliphatic rings. The van der Waals surface area contributed by atoms with Gasteiger partial charge in [-0.2, -0.15) is 26.3 Å². The quantitative estimate of drug-likeness (QED) is 0.511. The highest BCUT2D eigenvalue weighted by Crippen LogP contribution is 2.62. The molecule has 1 heterocycles. The van der Waals surface area contributed by atoms with Gasteiger partial charge < -0.3 is 9.80 Å². The lowest BCUT2D eigenvalue weighted by Gasteiger charge is -2.37. The Morgan fingerprint density at radius 1 is 0.853 bits per heavy atom. The molecule has 1 aliphatic carbocycles. The van der Waals surface area contributed by atoms with E-state index in [-0.39, 0.29) is 31.7 Å². The molecule has 184 valence electrons. The van der Waals surface area contributed by atoms with Crippen molar-refractivity contribution in [3.63, 3.8) is 0 Å². The number of hydrogen-bond donors (Lipinski definition) is 0. The van der Waals surface area contributed by atoms with Gasteiger partial charge in [-0.1, -0.05) is 18.2 Å². The van der Waals surface area contributed by atoms with Crippen molar-refractivity contribution in [1.29, 1.82) is 0 Å². The van der Waals surface area contributed by atoms with Crippen molar-refractivity contribution >= 4 is 11.6 Å². The molecule has 1 amide bonds. The Kier molecular flexibility index (Phi) is 5.80. The van der Waals surface area contributed by atoms with Crippen LogP contribution in [0.25, 0.3) is 0 Å². The first-order valence-corrected chi connectivity index (χ1v) is 10.5. The number of piperazine rings is 1. The fourth-order valence-electron chi connectivity index (χ4n) is 4.42. The number of hydrogen-bond acceptors (Lipinski definition) is 2. The van der Waals surface area contributed by atoms with Crippen LogP contribution in [0.5, 0.6) is 0 Å². The second-order valence-electron chi connectivity index (χ2n) is 8.56. The van der Waals surface area contributed by atoms with Crippen LogP contribution in [0.1, 0.15) is 28.2 Å². The molecule has 1 saturated carbocycles. The molecule has 2 fully saturated rings. The maximum Gasteiger partial charge on any atom is 0.416 e. The number of rotatable bonds is 3. The van der Waals surface area contributed by atoms with Crippen LogP contribution >= 0.6 is 0 Å². The minimum absolute atomic E-state index is 0.0425. The van der Waals surface area contributed by atoms with E-state index >= 15 is 0 Å². The predicted octanol–water partition coefficient (Wildman–Crippen LogP) is 5.73. The summed E-state index contributed by atoms with van der Waals surface area (Å²) in [5.74, 6) is -7.38. The molecule has 0 N–H and O–H groups in total. The summed E-state index contributed by atoms with van der Waals surface area (Å²) in [6.45, 7) is 2.07. The number of nitrogens with zero attached hydrogens (tertiary/aromatic N) is 2. The number of benzene rings is 2. The summed E-state index contributed by atoms with van der Waals surface area (Å²) in [6, 6.07) is 6.71. The molecule has 34 heavy (non-hydrogen) atoms. The molecule has 1 saturated heterocycles. The minimum Gasteiger partial charge on any atom is -0.368 e. The maximum atomic E-state index is 14.5. The fraction of sp³-hybridized carbons (Fsp3) is 0.435. The van der Waals surface area contributed by atoms with Crippen LogP contribution in [0.4, 0.5) is 40.8 Å². The second-order valence-corrected chi connectivity index (χ2v) is 8.56. The smallest absolute Gasteiger partial charge is 0.368 e. The highest BCUT2D eigenvalue weighted by molar-refractivity contribution is 5.85. The number of aryl methyl sites for hydroxylation is 1. The molecule has 2 atom stereocenters. The summed E-state index contributed by atoms with van der Waals surface area (Å²) < 4.78 is 106. The van der Waals surface area contributed by atoms with Gasteiger partial charge in [0.15, 0.2) is 0 Å². The van der Waals surface area contributed by atoms with Crippen LogP contribution in [-0.4, -0.2) is 42.9 Å². The van der Waals surface area contributed by atoms with Crippen molar-refractivity contribution in [2.75, 3.05) is 31.1 Å². The lowest BCUT2D eigenvalue weighted by atomic mass is 10.1. The molecular formula is C23H20F8N2O. The number of anilines is 1. The van der Waals surface area contributed by atoms with E-state index < -0.39 is 47.1 Å². The minimum atomic E-state index is -4.60. The number of carbonyl (C=O) groups is 1. The van der Waals surface area contributed by atoms with Crippen LogP contribution in [0.2, 0.25) is 0 Å². The standard InChI is InChI=1S/C23H20F8N2O/c1-13-2-5-16(23(29,30)31)12-17(13)32-8-10-33(11-9-32)20(34)19-18(21(19,24)25)14-3-6-15(7-4-14)22(26,27)28/h2-7,12,18-19H,8-11H2,1H3/t18-,19?/m0/s1. The van der Waals surface area contributed by atoms with E-state index in [9.17, 15) is 39.9 Å². The van der Waals surface area contributed by atoms with Gasteiger partial charge in [-0.05, 0) is 42.3 Å². The third kappa shape index (κ3) is 4.44. The zero-order chi connectivity index (χ0) is 25.1. The summed E-state index contributed by atoms with van der Waals surface area (Å²) in [5, 5.41) is 0. The average molecular weight is 492 g/mol. The molecule has 0 spiro atoms. The van der Waals surface area contributed by atoms with Gasteiger partial charge >= 0.3 is 12.4 Å². The van der Waals surface area contributed by atoms with Gasteiger partial charge in [0, 0.05) is 31.9 Å². The number of amides is 1. The van der Waals surface area contributed by atoms with Gasteiger partial charge in [-0.15, -0.1) is 0 Å². The summed E-state index contributed by atoms with van der Waals surface area (Å²) >= 11 is 0. The summed E-state index contributed by atoms with van der Waals surface area (Å²) in [7, 11) is 0. The first-order chi connectivity index (χ1) is 15.7. The van der Waals surface area contributed by atoms with Crippen LogP contribution in [0.3, 0.4) is 0 Å². The molecule has 1 aliphatic heterocycles. The Bertz CT molecular complexity index is 1070. The largest absolute Gasteiger partial charge is 0.416 e. The van der Waals surface area contributed by atoms with Gasteiger partial charge in [-0.25, -0.2) is 8.78 Å². The van der Waals surface area contributed by atoms with Crippen LogP contribution < -0.4 is 4.90 Å².